The van der Waals surface area contributed by atoms with E-state index in [1.165, 1.54) is 6.07 Å². The van der Waals surface area contributed by atoms with Crippen LogP contribution in [-0.2, 0) is 4.74 Å². The maximum absolute atomic E-state index is 11.9. The summed E-state index contributed by atoms with van der Waals surface area (Å²) in [5.41, 5.74) is 0. The lowest BCUT2D eigenvalue weighted by molar-refractivity contribution is -0.0105. The first-order valence-electron chi connectivity index (χ1n) is 5.46. The minimum absolute atomic E-state index is 0.0269. The molecule has 1 fully saturated rings. The maximum Gasteiger partial charge on any atom is 0.415 e. The van der Waals surface area contributed by atoms with Gasteiger partial charge in [-0.2, -0.15) is 0 Å². The van der Waals surface area contributed by atoms with Crippen molar-refractivity contribution in [2.24, 2.45) is 0 Å². The van der Waals surface area contributed by atoms with Crippen molar-refractivity contribution in [3.63, 3.8) is 0 Å². The van der Waals surface area contributed by atoms with Crippen LogP contribution in [-0.4, -0.2) is 41.8 Å². The van der Waals surface area contributed by atoms with Gasteiger partial charge in [0.2, 0.25) is 0 Å². The van der Waals surface area contributed by atoms with Gasteiger partial charge in [-0.1, -0.05) is 11.6 Å². The van der Waals surface area contributed by atoms with E-state index in [0.29, 0.717) is 30.0 Å². The Morgan fingerprint density at radius 1 is 1.67 bits per heavy atom. The third kappa shape index (κ3) is 3.57. The first-order valence-corrected chi connectivity index (χ1v) is 6.63. The Balaban J connectivity index is 2.02. The van der Waals surface area contributed by atoms with Crippen molar-refractivity contribution in [3.8, 4) is 5.75 Å². The average molecular weight is 336 g/mol. The summed E-state index contributed by atoms with van der Waals surface area (Å²) in [6.07, 6.45) is -0.376. The highest BCUT2D eigenvalue weighted by atomic mass is 79.9. The molecule has 1 aromatic heterocycles. The molecule has 0 N–H and O–H groups in total. The van der Waals surface area contributed by atoms with E-state index >= 15 is 0 Å². The summed E-state index contributed by atoms with van der Waals surface area (Å²) in [4.78, 5) is 17.4. The first kappa shape index (κ1) is 13.6. The Kier molecular flexibility index (Phi) is 4.42. The summed E-state index contributed by atoms with van der Waals surface area (Å²) in [6.45, 7) is 3.50. The second kappa shape index (κ2) is 5.86. The highest BCUT2D eigenvalue weighted by molar-refractivity contribution is 9.10. The Morgan fingerprint density at radius 2 is 2.44 bits per heavy atom. The minimum Gasteiger partial charge on any atom is -0.410 e. The zero-order chi connectivity index (χ0) is 13.1. The van der Waals surface area contributed by atoms with Crippen LogP contribution < -0.4 is 4.74 Å². The highest BCUT2D eigenvalue weighted by Crippen LogP contribution is 2.22. The van der Waals surface area contributed by atoms with Crippen LogP contribution in [0.1, 0.15) is 6.92 Å². The van der Waals surface area contributed by atoms with Gasteiger partial charge in [0.05, 0.1) is 19.3 Å². The topological polar surface area (TPSA) is 51.7 Å². The van der Waals surface area contributed by atoms with Crippen molar-refractivity contribution in [2.45, 2.75) is 13.0 Å². The Hall–Kier alpha value is -0.850. The molecule has 0 aliphatic carbocycles. The van der Waals surface area contributed by atoms with Crippen molar-refractivity contribution in [3.05, 3.63) is 21.9 Å². The molecule has 0 spiro atoms. The van der Waals surface area contributed by atoms with Crippen molar-refractivity contribution in [1.29, 1.82) is 0 Å². The molecular weight excluding hydrogens is 323 g/mol. The second-order valence-corrected chi connectivity index (χ2v) is 5.14. The fourth-order valence-electron chi connectivity index (χ4n) is 1.65. The van der Waals surface area contributed by atoms with Crippen molar-refractivity contribution >= 4 is 33.6 Å². The van der Waals surface area contributed by atoms with E-state index in [1.807, 2.05) is 6.92 Å². The molecule has 98 valence electrons. The highest BCUT2D eigenvalue weighted by Gasteiger charge is 2.23. The molecule has 1 unspecified atom stereocenters. The molecule has 18 heavy (non-hydrogen) atoms. The Labute approximate surface area is 118 Å². The van der Waals surface area contributed by atoms with Gasteiger partial charge in [0.15, 0.2) is 0 Å². The summed E-state index contributed by atoms with van der Waals surface area (Å²) in [6, 6.07) is 3.09. The van der Waals surface area contributed by atoms with E-state index in [4.69, 9.17) is 21.1 Å². The number of morpholine rings is 1. The molecule has 1 aliphatic heterocycles. The standard InChI is InChI=1S/C11H12BrClN2O3/c1-7-6-15(2-3-17-7)11(16)18-8-4-9(12)14-10(13)5-8/h4-5,7H,2-3,6H2,1H3. The molecule has 1 atom stereocenters. The molecule has 0 saturated carbocycles. The molecule has 1 aliphatic rings. The van der Waals surface area contributed by atoms with Gasteiger partial charge in [-0.25, -0.2) is 9.78 Å². The largest absolute Gasteiger partial charge is 0.415 e. The number of carbonyl (C=O) groups excluding carboxylic acids is 1. The molecule has 2 rings (SSSR count). The first-order chi connectivity index (χ1) is 8.54. The van der Waals surface area contributed by atoms with Crippen LogP contribution in [0.15, 0.2) is 16.7 Å². The van der Waals surface area contributed by atoms with Crippen LogP contribution in [0.4, 0.5) is 4.79 Å². The van der Waals surface area contributed by atoms with Gasteiger partial charge < -0.3 is 14.4 Å². The molecule has 0 aromatic carbocycles. The summed E-state index contributed by atoms with van der Waals surface area (Å²) < 4.78 is 11.1. The van der Waals surface area contributed by atoms with E-state index < -0.39 is 6.09 Å². The van der Waals surface area contributed by atoms with Crippen molar-refractivity contribution in [2.75, 3.05) is 19.7 Å². The van der Waals surface area contributed by atoms with Gasteiger partial charge in [-0.15, -0.1) is 0 Å². The molecule has 7 heteroatoms. The van der Waals surface area contributed by atoms with Gasteiger partial charge in [0.1, 0.15) is 15.5 Å². The number of nitrogens with zero attached hydrogens (tertiary/aromatic N) is 2. The number of ether oxygens (including phenoxy) is 2. The van der Waals surface area contributed by atoms with Crippen molar-refractivity contribution in [1.82, 2.24) is 9.88 Å². The predicted octanol–water partition coefficient (Wildman–Crippen LogP) is 2.72. The number of carbonyl (C=O) groups is 1. The summed E-state index contributed by atoms with van der Waals surface area (Å²) in [5, 5.41) is 0.266. The van der Waals surface area contributed by atoms with Crippen LogP contribution in [0.2, 0.25) is 5.15 Å². The minimum atomic E-state index is -0.403. The molecule has 5 nitrogen and oxygen atoms in total. The van der Waals surface area contributed by atoms with Gasteiger partial charge in [0.25, 0.3) is 0 Å². The zero-order valence-corrected chi connectivity index (χ0v) is 12.1. The molecular formula is C11H12BrClN2O3. The fraction of sp³-hybridized carbons (Fsp3) is 0.455. The molecule has 1 amide bonds. The number of halogens is 2. The third-order valence-corrected chi connectivity index (χ3v) is 3.04. The molecule has 1 saturated heterocycles. The van der Waals surface area contributed by atoms with Crippen LogP contribution in [0.3, 0.4) is 0 Å². The monoisotopic (exact) mass is 334 g/mol. The van der Waals surface area contributed by atoms with E-state index in [2.05, 4.69) is 20.9 Å². The van der Waals surface area contributed by atoms with E-state index in [0.717, 1.165) is 0 Å². The summed E-state index contributed by atoms with van der Waals surface area (Å²) in [5.74, 6) is 0.367. The van der Waals surface area contributed by atoms with Crippen molar-refractivity contribution < 1.29 is 14.3 Å². The van der Waals surface area contributed by atoms with Crippen LogP contribution in [0, 0.1) is 0 Å². The summed E-state index contributed by atoms with van der Waals surface area (Å²) in [7, 11) is 0. The quantitative estimate of drug-likeness (QED) is 0.741. The van der Waals surface area contributed by atoms with Crippen LogP contribution >= 0.6 is 27.5 Å². The predicted molar refractivity (Wildman–Crippen MR) is 70.0 cm³/mol. The molecule has 0 bridgehead atoms. The number of hydrogen-bond donors (Lipinski definition) is 0. The Morgan fingerprint density at radius 3 is 3.11 bits per heavy atom. The normalized spacial score (nSPS) is 19.7. The van der Waals surface area contributed by atoms with E-state index in [9.17, 15) is 4.79 Å². The SMILES string of the molecule is CC1CN(C(=O)Oc2cc(Cl)nc(Br)c2)CCO1. The Bertz CT molecular complexity index is 438. The smallest absolute Gasteiger partial charge is 0.410 e. The lowest BCUT2D eigenvalue weighted by Gasteiger charge is -2.30. The number of aromatic nitrogens is 1. The molecule has 0 radical (unpaired) electrons. The number of rotatable bonds is 1. The average Bonchev–Trinajstić information content (AvgIpc) is 2.27. The van der Waals surface area contributed by atoms with Gasteiger partial charge in [-0.3, -0.25) is 0 Å². The van der Waals surface area contributed by atoms with Crippen LogP contribution in [0.5, 0.6) is 5.75 Å². The lowest BCUT2D eigenvalue weighted by Crippen LogP contribution is -2.45. The van der Waals surface area contributed by atoms with E-state index in [1.54, 1.807) is 11.0 Å². The fourth-order valence-corrected chi connectivity index (χ4v) is 2.37. The zero-order valence-electron chi connectivity index (χ0n) is 9.73. The summed E-state index contributed by atoms with van der Waals surface area (Å²) >= 11 is 8.96. The second-order valence-electron chi connectivity index (χ2n) is 3.94. The molecule has 1 aromatic rings. The van der Waals surface area contributed by atoms with Gasteiger partial charge in [-0.05, 0) is 22.9 Å². The third-order valence-electron chi connectivity index (χ3n) is 2.44. The number of pyridine rings is 1. The number of amides is 1. The van der Waals surface area contributed by atoms with Crippen LogP contribution in [0.25, 0.3) is 0 Å². The molecule has 2 heterocycles. The maximum atomic E-state index is 11.9. The van der Waals surface area contributed by atoms with E-state index in [-0.39, 0.29) is 11.3 Å². The lowest BCUT2D eigenvalue weighted by atomic mass is 10.3. The van der Waals surface area contributed by atoms with Gasteiger partial charge in [0, 0.05) is 18.7 Å². The van der Waals surface area contributed by atoms with Gasteiger partial charge >= 0.3 is 6.09 Å². The number of hydrogen-bond acceptors (Lipinski definition) is 4.